The lowest BCUT2D eigenvalue weighted by atomic mass is 9.99. The van der Waals surface area contributed by atoms with Gasteiger partial charge in [-0.25, -0.2) is 9.78 Å². The monoisotopic (exact) mass is 491 g/mol. The Kier molecular flexibility index (Phi) is 5.48. The number of methoxy groups -OCH3 is 1. The third kappa shape index (κ3) is 4.11. The van der Waals surface area contributed by atoms with Gasteiger partial charge in [0.05, 0.1) is 36.6 Å². The second-order valence-corrected chi connectivity index (χ2v) is 9.28. The van der Waals surface area contributed by atoms with Gasteiger partial charge in [0.2, 0.25) is 0 Å². The topological polar surface area (TPSA) is 115 Å². The number of hydrogen-bond acceptors (Lipinski definition) is 8. The van der Waals surface area contributed by atoms with Gasteiger partial charge in [0.15, 0.2) is 6.61 Å². The van der Waals surface area contributed by atoms with E-state index in [9.17, 15) is 14.4 Å². The number of rotatable bonds is 6. The number of hydrogen-bond donors (Lipinski definition) is 1. The van der Waals surface area contributed by atoms with Crippen molar-refractivity contribution in [1.82, 2.24) is 14.5 Å². The fraction of sp³-hybridized carbons (Fsp3) is 0.360. The summed E-state index contributed by atoms with van der Waals surface area (Å²) in [5.41, 5.74) is 2.56. The number of carbonyl (C=O) groups is 2. The first-order chi connectivity index (χ1) is 17.5. The molecule has 36 heavy (non-hydrogen) atoms. The van der Waals surface area contributed by atoms with E-state index in [-0.39, 0.29) is 24.2 Å². The van der Waals surface area contributed by atoms with Crippen LogP contribution in [0.5, 0.6) is 11.5 Å². The van der Waals surface area contributed by atoms with Crippen LogP contribution >= 0.6 is 0 Å². The number of aromatic nitrogens is 2. The molecule has 0 saturated carbocycles. The van der Waals surface area contributed by atoms with Gasteiger partial charge in [-0.1, -0.05) is 0 Å². The average molecular weight is 492 g/mol. The number of cyclic esters (lactones) is 1. The second kappa shape index (κ2) is 8.83. The summed E-state index contributed by atoms with van der Waals surface area (Å²) in [6, 6.07) is 10.8. The van der Waals surface area contributed by atoms with Gasteiger partial charge in [0, 0.05) is 43.9 Å². The Morgan fingerprint density at radius 1 is 1.08 bits per heavy atom. The molecule has 3 aliphatic rings. The molecule has 2 amide bonds. The van der Waals surface area contributed by atoms with Gasteiger partial charge in [-0.2, -0.15) is 0 Å². The Hall–Kier alpha value is -4.12. The maximum Gasteiger partial charge on any atom is 0.414 e. The van der Waals surface area contributed by atoms with E-state index in [0.29, 0.717) is 48.4 Å². The first kappa shape index (κ1) is 22.4. The van der Waals surface area contributed by atoms with Crippen LogP contribution in [0.15, 0.2) is 47.4 Å². The molecule has 0 bridgehead atoms. The minimum Gasteiger partial charge on any atom is -0.497 e. The maximum atomic E-state index is 12.5. The number of nitrogens with zero attached hydrogens (tertiary/aromatic N) is 4. The van der Waals surface area contributed by atoms with Gasteiger partial charge in [-0.3, -0.25) is 19.4 Å². The summed E-state index contributed by atoms with van der Waals surface area (Å²) < 4.78 is 18.1. The molecule has 0 unspecified atom stereocenters. The van der Waals surface area contributed by atoms with E-state index in [0.717, 1.165) is 24.1 Å². The Labute approximate surface area is 206 Å². The second-order valence-electron chi connectivity index (χ2n) is 9.28. The minimum atomic E-state index is -0.413. The number of fused-ring (bicyclic) bond motifs is 2. The fourth-order valence-corrected chi connectivity index (χ4v) is 5.01. The highest BCUT2D eigenvalue weighted by atomic mass is 16.6. The van der Waals surface area contributed by atoms with Crippen LogP contribution < -0.4 is 25.2 Å². The predicted octanol–water partition coefficient (Wildman–Crippen LogP) is 1.69. The van der Waals surface area contributed by atoms with Crippen LogP contribution in [0.3, 0.4) is 0 Å². The summed E-state index contributed by atoms with van der Waals surface area (Å²) in [6.07, 6.45) is 0.675. The molecule has 2 aromatic carbocycles. The molecule has 0 radical (unpaired) electrons. The quantitative estimate of drug-likeness (QED) is 0.554. The molecule has 1 aromatic heterocycles. The van der Waals surface area contributed by atoms with E-state index in [1.54, 1.807) is 34.8 Å². The van der Waals surface area contributed by atoms with E-state index < -0.39 is 6.09 Å². The molecule has 186 valence electrons. The standard InChI is InChI=1S/C25H25N5O6/c1-34-17-3-4-19-21(7-17)30(24(32)8-26-19)11-15-9-28(10-15)12-18-13-29(25(33)36-18)16-2-5-22-20(6-16)27-23(31)14-35-22/h2-8,15,18H,9-14H2,1H3,(H,27,31)/t18-/m1/s1. The highest BCUT2D eigenvalue weighted by Crippen LogP contribution is 2.34. The lowest BCUT2D eigenvalue weighted by Gasteiger charge is -2.40. The molecule has 2 saturated heterocycles. The minimum absolute atomic E-state index is 0.0166. The predicted molar refractivity (Wildman–Crippen MR) is 131 cm³/mol. The van der Waals surface area contributed by atoms with Crippen LogP contribution in [0.2, 0.25) is 0 Å². The van der Waals surface area contributed by atoms with Crippen molar-refractivity contribution in [2.75, 3.05) is 50.1 Å². The van der Waals surface area contributed by atoms with Crippen LogP contribution in [0, 0.1) is 5.92 Å². The molecule has 1 atom stereocenters. The first-order valence-electron chi connectivity index (χ1n) is 11.8. The van der Waals surface area contributed by atoms with Crippen LogP contribution in [0.4, 0.5) is 16.2 Å². The largest absolute Gasteiger partial charge is 0.497 e. The lowest BCUT2D eigenvalue weighted by molar-refractivity contribution is -0.118. The molecule has 6 rings (SSSR count). The van der Waals surface area contributed by atoms with Crippen molar-refractivity contribution in [2.24, 2.45) is 5.92 Å². The fourth-order valence-electron chi connectivity index (χ4n) is 5.01. The SMILES string of the molecule is COc1ccc2ncc(=O)n(CC3CN(C[C@@H]4CN(c5ccc6c(c5)NC(=O)CO6)C(=O)O4)C3)c2c1. The highest BCUT2D eigenvalue weighted by molar-refractivity contribution is 5.97. The number of anilines is 2. The van der Waals surface area contributed by atoms with Gasteiger partial charge in [-0.05, 0) is 30.3 Å². The molecule has 1 N–H and O–H groups in total. The summed E-state index contributed by atoms with van der Waals surface area (Å²) in [5, 5.41) is 2.76. The van der Waals surface area contributed by atoms with Crippen LogP contribution in [0.1, 0.15) is 0 Å². The third-order valence-electron chi connectivity index (χ3n) is 6.77. The number of likely N-dealkylation sites (tertiary alicyclic amines) is 1. The molecule has 11 heteroatoms. The summed E-state index contributed by atoms with van der Waals surface area (Å²) in [7, 11) is 1.60. The summed E-state index contributed by atoms with van der Waals surface area (Å²) in [6.45, 7) is 3.20. The molecule has 2 fully saturated rings. The lowest BCUT2D eigenvalue weighted by Crippen LogP contribution is -2.52. The van der Waals surface area contributed by atoms with Crippen molar-refractivity contribution in [2.45, 2.75) is 12.6 Å². The highest BCUT2D eigenvalue weighted by Gasteiger charge is 2.37. The van der Waals surface area contributed by atoms with Crippen LogP contribution in [0.25, 0.3) is 11.0 Å². The van der Waals surface area contributed by atoms with Gasteiger partial charge in [0.25, 0.3) is 11.5 Å². The molecular weight excluding hydrogens is 466 g/mol. The number of ether oxygens (including phenoxy) is 3. The zero-order chi connectivity index (χ0) is 24.8. The third-order valence-corrected chi connectivity index (χ3v) is 6.77. The summed E-state index contributed by atoms with van der Waals surface area (Å²) in [5.74, 6) is 1.33. The van der Waals surface area contributed by atoms with Crippen LogP contribution in [-0.4, -0.2) is 72.5 Å². The van der Waals surface area contributed by atoms with E-state index in [4.69, 9.17) is 14.2 Å². The van der Waals surface area contributed by atoms with E-state index in [1.807, 2.05) is 18.2 Å². The zero-order valence-electron chi connectivity index (χ0n) is 19.7. The number of nitrogens with one attached hydrogen (secondary N) is 1. The molecule has 3 aromatic rings. The Balaban J connectivity index is 1.07. The number of benzene rings is 2. The molecule has 3 aliphatic heterocycles. The van der Waals surface area contributed by atoms with Crippen molar-refractivity contribution >= 4 is 34.4 Å². The van der Waals surface area contributed by atoms with E-state index in [1.165, 1.54) is 6.20 Å². The Morgan fingerprint density at radius 2 is 1.94 bits per heavy atom. The smallest absolute Gasteiger partial charge is 0.414 e. The average Bonchev–Trinajstić information content (AvgIpc) is 3.23. The zero-order valence-corrected chi connectivity index (χ0v) is 19.7. The number of carbonyl (C=O) groups excluding carboxylic acids is 2. The summed E-state index contributed by atoms with van der Waals surface area (Å²) in [4.78, 5) is 44.7. The Bertz CT molecular complexity index is 1420. The Morgan fingerprint density at radius 3 is 2.78 bits per heavy atom. The van der Waals surface area contributed by atoms with Crippen LogP contribution in [-0.2, 0) is 16.1 Å². The molecular formula is C25H25N5O6. The van der Waals surface area contributed by atoms with Crippen molar-refractivity contribution in [3.63, 3.8) is 0 Å². The normalized spacial score (nSPS) is 19.9. The molecule has 11 nitrogen and oxygen atoms in total. The number of amides is 2. The first-order valence-corrected chi connectivity index (χ1v) is 11.8. The molecule has 4 heterocycles. The van der Waals surface area contributed by atoms with Crippen molar-refractivity contribution in [1.29, 1.82) is 0 Å². The molecule has 0 spiro atoms. The van der Waals surface area contributed by atoms with Gasteiger partial charge in [-0.15, -0.1) is 0 Å². The maximum absolute atomic E-state index is 12.5. The van der Waals surface area contributed by atoms with Crippen molar-refractivity contribution < 1.29 is 23.8 Å². The van der Waals surface area contributed by atoms with Gasteiger partial charge < -0.3 is 24.1 Å². The van der Waals surface area contributed by atoms with Gasteiger partial charge in [0.1, 0.15) is 17.6 Å². The van der Waals surface area contributed by atoms with Gasteiger partial charge >= 0.3 is 6.09 Å². The molecule has 0 aliphatic carbocycles. The summed E-state index contributed by atoms with van der Waals surface area (Å²) >= 11 is 0. The van der Waals surface area contributed by atoms with Crippen molar-refractivity contribution in [3.05, 3.63) is 52.9 Å². The van der Waals surface area contributed by atoms with E-state index >= 15 is 0 Å². The van der Waals surface area contributed by atoms with Crippen molar-refractivity contribution in [3.8, 4) is 11.5 Å². The van der Waals surface area contributed by atoms with E-state index in [2.05, 4.69) is 15.2 Å².